The Morgan fingerprint density at radius 3 is 1.46 bits per heavy atom. The Labute approximate surface area is 594 Å². The monoisotopic (exact) mass is 1500 g/mol. The number of hydrogen-bond donors (Lipinski definition) is 14. The maximum absolute atomic E-state index is 13.9. The predicted octanol–water partition coefficient (Wildman–Crippen LogP) is 0.475. The number of nitrogens with one attached hydrogen (secondary N) is 7. The van der Waals surface area contributed by atoms with Crippen molar-refractivity contribution in [1.82, 2.24) is 61.6 Å². The first-order chi connectivity index (χ1) is 49.0. The van der Waals surface area contributed by atoms with Crippen LogP contribution in [0.2, 0.25) is 0 Å². The number of phosphoric acid groups is 2. The Morgan fingerprint density at radius 1 is 0.559 bits per heavy atom. The zero-order chi connectivity index (χ0) is 74.4. The summed E-state index contributed by atoms with van der Waals surface area (Å²) in [5, 5.41) is 57.3. The van der Waals surface area contributed by atoms with Crippen molar-refractivity contribution in [2.45, 2.75) is 197 Å². The summed E-state index contributed by atoms with van der Waals surface area (Å²) in [6.45, 7) is -0.149. The highest BCUT2D eigenvalue weighted by Crippen LogP contribution is 2.50. The van der Waals surface area contributed by atoms with Gasteiger partial charge in [0.1, 0.15) is 35.8 Å². The number of aromatic nitrogens is 4. The van der Waals surface area contributed by atoms with E-state index in [1.54, 1.807) is 0 Å². The fourth-order valence-electron chi connectivity index (χ4n) is 10.8. The number of aliphatic hydroxyl groups is 4. The molecule has 39 heteroatoms. The molecule has 0 aromatic carbocycles. The molecule has 8 amide bonds. The van der Waals surface area contributed by atoms with E-state index in [1.165, 1.54) is 22.1 Å². The summed E-state index contributed by atoms with van der Waals surface area (Å²) in [5.41, 5.74) is 5.09. The maximum Gasteiger partial charge on any atom is 0.472 e. The number of rotatable bonds is 59. The summed E-state index contributed by atoms with van der Waals surface area (Å²) in [6.07, 6.45) is 7.27. The number of nitrogens with zero attached hydrogens (tertiary/aromatic N) is 5. The fraction of sp³-hybridized carbons (Fsp3) is 0.794. The van der Waals surface area contributed by atoms with Gasteiger partial charge in [0.05, 0.1) is 71.3 Å². The predicted molar refractivity (Wildman–Crippen MR) is 367 cm³/mol. The number of carbonyl (C=O) groups excluding carboxylic acids is 8. The molecule has 2 aliphatic rings. The van der Waals surface area contributed by atoms with Crippen LogP contribution in [0.15, 0.2) is 12.7 Å². The summed E-state index contributed by atoms with van der Waals surface area (Å²) in [7, 11) is -8.52. The van der Waals surface area contributed by atoms with Crippen molar-refractivity contribution in [3.8, 4) is 0 Å². The third-order valence-electron chi connectivity index (χ3n) is 16.4. The lowest BCUT2D eigenvalue weighted by atomic mass is 10.0. The molecule has 0 aliphatic carbocycles. The van der Waals surface area contributed by atoms with Gasteiger partial charge in [0.15, 0.2) is 11.5 Å². The minimum Gasteiger partial charge on any atom is -0.396 e. The smallest absolute Gasteiger partial charge is 0.396 e. The van der Waals surface area contributed by atoms with Crippen molar-refractivity contribution in [2.24, 2.45) is 0 Å². The Bertz CT molecular complexity index is 2800. The molecule has 4 rings (SSSR count). The molecule has 582 valence electrons. The molecule has 0 saturated carbocycles. The second-order valence-corrected chi connectivity index (χ2v) is 27.9. The Balaban J connectivity index is 1.31. The number of nitrogens with two attached hydrogens (primary N) is 1. The molecule has 0 spiro atoms. The van der Waals surface area contributed by atoms with Gasteiger partial charge in [-0.2, -0.15) is 0 Å². The van der Waals surface area contributed by atoms with Crippen LogP contribution in [-0.2, 0) is 84.5 Å². The molecular weight excluding hydrogens is 1380 g/mol. The van der Waals surface area contributed by atoms with Gasteiger partial charge in [0, 0.05) is 131 Å². The summed E-state index contributed by atoms with van der Waals surface area (Å²) >= 11 is 0. The van der Waals surface area contributed by atoms with E-state index in [1.807, 2.05) is 0 Å². The van der Waals surface area contributed by atoms with Gasteiger partial charge < -0.3 is 97.0 Å². The lowest BCUT2D eigenvalue weighted by molar-refractivity contribution is -0.133. The van der Waals surface area contributed by atoms with Crippen LogP contribution in [0.3, 0.4) is 0 Å². The first-order valence-corrected chi connectivity index (χ1v) is 38.2. The molecule has 102 heavy (non-hydrogen) atoms. The normalized spacial score (nSPS) is 18.0. The lowest BCUT2D eigenvalue weighted by Crippen LogP contribution is -2.58. The minimum atomic E-state index is -4.95. The van der Waals surface area contributed by atoms with Crippen molar-refractivity contribution in [3.63, 3.8) is 0 Å². The number of carbonyl (C=O) groups is 8. The molecular formula is C63H111N13O24P2. The quantitative estimate of drug-likeness (QED) is 0.0316. The number of imidazole rings is 1. The molecule has 2 fully saturated rings. The molecule has 0 radical (unpaired) electrons. The van der Waals surface area contributed by atoms with Crippen LogP contribution in [0.4, 0.5) is 5.82 Å². The summed E-state index contributed by atoms with van der Waals surface area (Å²) in [4.78, 5) is 137. The highest BCUT2D eigenvalue weighted by molar-refractivity contribution is 7.47. The number of β-amino-alcohol motifs (C(OH)–C–C–N with tert-alkyl or cyclic N) is 1. The van der Waals surface area contributed by atoms with Gasteiger partial charge >= 0.3 is 15.6 Å². The lowest BCUT2D eigenvalue weighted by Gasteiger charge is -2.34. The first-order valence-electron chi connectivity index (χ1n) is 35.2. The second kappa shape index (κ2) is 50.5. The Hall–Kier alpha value is -5.99. The minimum absolute atomic E-state index is 0.00295. The van der Waals surface area contributed by atoms with Crippen LogP contribution in [-0.4, -0.2) is 257 Å². The molecule has 7 atom stereocenters. The van der Waals surface area contributed by atoms with Crippen molar-refractivity contribution < 1.29 is 115 Å². The SMILES string of the molecule is COP(=O)(O)OC[C@H]1O[C@@H](n2cnc3c(N)ncnc32)C[C@@H]1OP(=O)(O)OC[C@@H]1C[C@@H](O)CN1C(=O)CCCCCCCCC(=O)NC(COCCC(=O)NCCCNC(=O)CCCCO)(COCCC(=O)NCCCNC(=O)CCCCO)COCCC(=O)NCCCNC(=O)CCCCO. The van der Waals surface area contributed by atoms with E-state index in [4.69, 9.17) is 53.6 Å². The van der Waals surface area contributed by atoms with E-state index in [0.717, 1.165) is 7.11 Å². The number of unbranched alkanes of at least 4 members (excludes halogenated alkanes) is 8. The average Bonchev–Trinajstić information content (AvgIpc) is 1.63. The van der Waals surface area contributed by atoms with Crippen LogP contribution in [0.1, 0.15) is 167 Å². The zero-order valence-corrected chi connectivity index (χ0v) is 60.5. The summed E-state index contributed by atoms with van der Waals surface area (Å²) in [5.74, 6) is -2.04. The van der Waals surface area contributed by atoms with Crippen LogP contribution in [0.5, 0.6) is 0 Å². The molecule has 2 saturated heterocycles. The topological polar surface area (TPSA) is 523 Å². The van der Waals surface area contributed by atoms with Crippen molar-refractivity contribution in [1.29, 1.82) is 0 Å². The van der Waals surface area contributed by atoms with Crippen molar-refractivity contribution in [2.75, 3.05) is 131 Å². The number of aliphatic hydroxyl groups excluding tert-OH is 4. The molecule has 2 aliphatic heterocycles. The fourth-order valence-corrected chi connectivity index (χ4v) is 12.3. The number of anilines is 1. The third kappa shape index (κ3) is 37.1. The van der Waals surface area contributed by atoms with Gasteiger partial charge in [-0.25, -0.2) is 24.1 Å². The summed E-state index contributed by atoms with van der Waals surface area (Å²) < 4.78 is 71.9. The molecule has 2 unspecified atom stereocenters. The molecule has 15 N–H and O–H groups in total. The van der Waals surface area contributed by atoms with Crippen LogP contribution >= 0.6 is 15.6 Å². The van der Waals surface area contributed by atoms with Gasteiger partial charge in [-0.1, -0.05) is 25.7 Å². The van der Waals surface area contributed by atoms with Crippen LogP contribution < -0.4 is 43.0 Å². The molecule has 2 aromatic rings. The highest BCUT2D eigenvalue weighted by Gasteiger charge is 2.45. The standard InChI is InChI=1S/C63H111N13O24P2/c1-93-101(89,90)98-41-50-49(38-59(99-50)76-46-73-60-61(64)71-45-72-62(60)76)100-102(91,92)97-40-47-37-48(80)39-75(47)58(88)21-7-5-3-2-4-6-20-57(87)74-63(42-94-34-22-54(84)68-28-14-25-65-51(81)17-8-11-31-77,43-95-35-23-55(85)69-29-15-26-66-52(82)18-9-12-32-78)44-96-36-24-56(86)70-30-16-27-67-53(83)19-10-13-33-79/h45-50,59,77-80H,2-44H2,1H3,(H,65,81)(H,66,82)(H,67,83)(H,68,84)(H,69,85)(H,70,86)(H,74,87)(H,89,90)(H,91,92)(H2,64,71,72)/t47-,48+,49-,50+,59+/m0/s1. The average molecular weight is 1500 g/mol. The first kappa shape index (κ1) is 88.4. The number of ether oxygens (including phenoxy) is 4. The highest BCUT2D eigenvalue weighted by atomic mass is 31.2. The molecule has 2 aromatic heterocycles. The zero-order valence-electron chi connectivity index (χ0n) is 58.7. The van der Waals surface area contributed by atoms with E-state index >= 15 is 0 Å². The van der Waals surface area contributed by atoms with E-state index in [9.17, 15) is 62.4 Å². The van der Waals surface area contributed by atoms with E-state index < -0.39 is 65.0 Å². The molecule has 37 nitrogen and oxygen atoms in total. The van der Waals surface area contributed by atoms with E-state index in [2.05, 4.69) is 56.7 Å². The Kier molecular flexibility index (Phi) is 43.7. The van der Waals surface area contributed by atoms with Gasteiger partial charge in [-0.15, -0.1) is 0 Å². The maximum atomic E-state index is 13.9. The number of hydrogen-bond acceptors (Lipinski definition) is 26. The van der Waals surface area contributed by atoms with Gasteiger partial charge in [0.2, 0.25) is 47.3 Å². The number of fused-ring (bicyclic) bond motifs is 1. The largest absolute Gasteiger partial charge is 0.472 e. The number of amides is 8. The van der Waals surface area contributed by atoms with Gasteiger partial charge in [-0.05, 0) is 77.0 Å². The van der Waals surface area contributed by atoms with E-state index in [0.29, 0.717) is 116 Å². The second-order valence-electron chi connectivity index (χ2n) is 25.0. The third-order valence-corrected chi connectivity index (χ3v) is 18.3. The van der Waals surface area contributed by atoms with Crippen LogP contribution in [0, 0.1) is 0 Å². The van der Waals surface area contributed by atoms with Crippen LogP contribution in [0.25, 0.3) is 11.2 Å². The number of phosphoric ester groups is 2. The molecule has 0 bridgehead atoms. The van der Waals surface area contributed by atoms with Gasteiger partial charge in [-0.3, -0.25) is 61.0 Å². The number of likely N-dealkylation sites (tertiary alicyclic amines) is 1. The molecule has 4 heterocycles. The van der Waals surface area contributed by atoms with E-state index in [-0.39, 0.29) is 214 Å². The van der Waals surface area contributed by atoms with Crippen molar-refractivity contribution in [3.05, 3.63) is 12.7 Å². The Morgan fingerprint density at radius 2 is 0.990 bits per heavy atom. The summed E-state index contributed by atoms with van der Waals surface area (Å²) in [6, 6.07) is -0.790. The van der Waals surface area contributed by atoms with Crippen molar-refractivity contribution >= 4 is 79.9 Å². The number of nitrogen functional groups attached to an aromatic ring is 1. The van der Waals surface area contributed by atoms with Gasteiger partial charge in [0.25, 0.3) is 0 Å².